The number of carbonyl (C=O) groups is 1. The van der Waals surface area contributed by atoms with Gasteiger partial charge in [0.05, 0.1) is 5.54 Å². The largest absolute Gasteiger partial charge is 0.315 e. The molecule has 1 unspecified atom stereocenters. The van der Waals surface area contributed by atoms with Crippen molar-refractivity contribution in [3.8, 4) is 0 Å². The molecule has 1 aromatic rings. The van der Waals surface area contributed by atoms with Crippen LogP contribution in [0, 0.1) is 5.92 Å². The second-order valence-corrected chi connectivity index (χ2v) is 4.59. The highest BCUT2D eigenvalue weighted by molar-refractivity contribution is 5.89. The Kier molecular flexibility index (Phi) is 3.64. The minimum atomic E-state index is -0.856. The van der Waals surface area contributed by atoms with E-state index in [1.165, 1.54) is 0 Å². The zero-order valence-corrected chi connectivity index (χ0v) is 9.66. The quantitative estimate of drug-likeness (QED) is 0.820. The third-order valence-electron chi connectivity index (χ3n) is 2.55. The summed E-state index contributed by atoms with van der Waals surface area (Å²) in [6.07, 6.45) is 0.530. The second-order valence-electron chi connectivity index (χ2n) is 4.59. The molecule has 0 fully saturated rings. The molecule has 0 heterocycles. The van der Waals surface area contributed by atoms with Crippen molar-refractivity contribution >= 4 is 5.78 Å². The lowest BCUT2D eigenvalue weighted by atomic mass is 9.85. The van der Waals surface area contributed by atoms with E-state index in [4.69, 9.17) is 5.73 Å². The van der Waals surface area contributed by atoms with E-state index in [9.17, 15) is 4.79 Å². The summed E-state index contributed by atoms with van der Waals surface area (Å²) in [5, 5.41) is 0. The molecule has 1 atom stereocenters. The highest BCUT2D eigenvalue weighted by Gasteiger charge is 2.29. The van der Waals surface area contributed by atoms with Crippen molar-refractivity contribution in [3.05, 3.63) is 35.9 Å². The zero-order chi connectivity index (χ0) is 11.5. The standard InChI is InChI=1S/C13H19NO/c1-10(2)9-12(15)13(3,14)11-7-5-4-6-8-11/h4-8,10H,9,14H2,1-3H3. The van der Waals surface area contributed by atoms with Crippen molar-refractivity contribution < 1.29 is 4.79 Å². The maximum atomic E-state index is 12.0. The molecule has 0 aromatic heterocycles. The molecule has 0 radical (unpaired) electrons. The van der Waals surface area contributed by atoms with Crippen molar-refractivity contribution in [2.75, 3.05) is 0 Å². The fraction of sp³-hybridized carbons (Fsp3) is 0.462. The molecule has 0 aliphatic heterocycles. The molecule has 0 bridgehead atoms. The van der Waals surface area contributed by atoms with E-state index in [2.05, 4.69) is 0 Å². The van der Waals surface area contributed by atoms with Gasteiger partial charge < -0.3 is 5.73 Å². The topological polar surface area (TPSA) is 43.1 Å². The molecule has 1 aromatic carbocycles. The monoisotopic (exact) mass is 205 g/mol. The van der Waals surface area contributed by atoms with Crippen LogP contribution in [0.15, 0.2) is 30.3 Å². The Labute approximate surface area is 91.5 Å². The van der Waals surface area contributed by atoms with E-state index in [0.717, 1.165) is 5.56 Å². The maximum Gasteiger partial charge on any atom is 0.157 e. The van der Waals surface area contributed by atoms with Gasteiger partial charge in [0.1, 0.15) is 0 Å². The summed E-state index contributed by atoms with van der Waals surface area (Å²) in [6.45, 7) is 5.84. The SMILES string of the molecule is CC(C)CC(=O)C(C)(N)c1ccccc1. The van der Waals surface area contributed by atoms with Gasteiger partial charge in [-0.3, -0.25) is 4.79 Å². The average molecular weight is 205 g/mol. The van der Waals surface area contributed by atoms with Crippen LogP contribution < -0.4 is 5.73 Å². The van der Waals surface area contributed by atoms with Gasteiger partial charge in [-0.05, 0) is 18.4 Å². The molecular weight excluding hydrogens is 186 g/mol. The fourth-order valence-electron chi connectivity index (χ4n) is 1.53. The van der Waals surface area contributed by atoms with Crippen molar-refractivity contribution in [3.63, 3.8) is 0 Å². The Balaban J connectivity index is 2.88. The van der Waals surface area contributed by atoms with E-state index >= 15 is 0 Å². The smallest absolute Gasteiger partial charge is 0.157 e. The lowest BCUT2D eigenvalue weighted by Gasteiger charge is -2.24. The summed E-state index contributed by atoms with van der Waals surface area (Å²) < 4.78 is 0. The fourth-order valence-corrected chi connectivity index (χ4v) is 1.53. The van der Waals surface area contributed by atoms with E-state index in [-0.39, 0.29) is 5.78 Å². The van der Waals surface area contributed by atoms with Gasteiger partial charge in [-0.25, -0.2) is 0 Å². The number of hydrogen-bond acceptors (Lipinski definition) is 2. The van der Waals surface area contributed by atoms with Crippen LogP contribution in [-0.4, -0.2) is 5.78 Å². The molecule has 0 saturated heterocycles. The Bertz CT molecular complexity index is 328. The molecule has 2 heteroatoms. The lowest BCUT2D eigenvalue weighted by molar-refractivity contribution is -0.124. The van der Waals surface area contributed by atoms with Gasteiger partial charge in [-0.1, -0.05) is 44.2 Å². The molecule has 0 amide bonds. The summed E-state index contributed by atoms with van der Waals surface area (Å²) in [7, 11) is 0. The highest BCUT2D eigenvalue weighted by Crippen LogP contribution is 2.21. The first-order valence-electron chi connectivity index (χ1n) is 5.32. The van der Waals surface area contributed by atoms with Crippen LogP contribution in [0.3, 0.4) is 0 Å². The Morgan fingerprint density at radius 2 is 1.87 bits per heavy atom. The van der Waals surface area contributed by atoms with Crippen LogP contribution in [0.2, 0.25) is 0 Å². The molecule has 0 saturated carbocycles. The van der Waals surface area contributed by atoms with Gasteiger partial charge in [0.25, 0.3) is 0 Å². The van der Waals surface area contributed by atoms with Crippen molar-refractivity contribution in [1.82, 2.24) is 0 Å². The summed E-state index contributed by atoms with van der Waals surface area (Å²) >= 11 is 0. The molecular formula is C13H19NO. The number of rotatable bonds is 4. The van der Waals surface area contributed by atoms with Crippen LogP contribution in [0.25, 0.3) is 0 Å². The first-order chi connectivity index (χ1) is 6.94. The van der Waals surface area contributed by atoms with Gasteiger partial charge in [0.2, 0.25) is 0 Å². The summed E-state index contributed by atoms with van der Waals surface area (Å²) in [5.41, 5.74) is 6.11. The Morgan fingerprint density at radius 3 is 2.33 bits per heavy atom. The van der Waals surface area contributed by atoms with Gasteiger partial charge >= 0.3 is 0 Å². The van der Waals surface area contributed by atoms with Crippen LogP contribution in [0.5, 0.6) is 0 Å². The molecule has 0 aliphatic carbocycles. The zero-order valence-electron chi connectivity index (χ0n) is 9.66. The molecule has 1 rings (SSSR count). The lowest BCUT2D eigenvalue weighted by Crippen LogP contribution is -2.42. The second kappa shape index (κ2) is 4.58. The third-order valence-corrected chi connectivity index (χ3v) is 2.55. The minimum absolute atomic E-state index is 0.101. The molecule has 82 valence electrons. The third kappa shape index (κ3) is 2.90. The predicted molar refractivity (Wildman–Crippen MR) is 62.4 cm³/mol. The van der Waals surface area contributed by atoms with Gasteiger partial charge in [-0.2, -0.15) is 0 Å². The first-order valence-corrected chi connectivity index (χ1v) is 5.32. The van der Waals surface area contributed by atoms with Crippen LogP contribution in [-0.2, 0) is 10.3 Å². The van der Waals surface area contributed by atoms with E-state index in [1.807, 2.05) is 44.2 Å². The summed E-state index contributed by atoms with van der Waals surface area (Å²) in [5.74, 6) is 0.452. The van der Waals surface area contributed by atoms with E-state index in [1.54, 1.807) is 6.92 Å². The van der Waals surface area contributed by atoms with Crippen LogP contribution in [0.1, 0.15) is 32.8 Å². The number of benzene rings is 1. The molecule has 0 aliphatic rings. The normalized spacial score (nSPS) is 15.0. The van der Waals surface area contributed by atoms with Gasteiger partial charge in [0, 0.05) is 6.42 Å². The summed E-state index contributed by atoms with van der Waals surface area (Å²) in [6, 6.07) is 9.54. The number of ketones is 1. The average Bonchev–Trinajstić information content (AvgIpc) is 2.18. The van der Waals surface area contributed by atoms with Crippen molar-refractivity contribution in [1.29, 1.82) is 0 Å². The maximum absolute atomic E-state index is 12.0. The van der Waals surface area contributed by atoms with E-state index < -0.39 is 5.54 Å². The molecule has 0 spiro atoms. The molecule has 2 N–H and O–H groups in total. The Morgan fingerprint density at radius 1 is 1.33 bits per heavy atom. The Hall–Kier alpha value is -1.15. The minimum Gasteiger partial charge on any atom is -0.315 e. The number of hydrogen-bond donors (Lipinski definition) is 1. The van der Waals surface area contributed by atoms with Crippen molar-refractivity contribution in [2.24, 2.45) is 11.7 Å². The summed E-state index contributed by atoms with van der Waals surface area (Å²) in [4.78, 5) is 12.0. The van der Waals surface area contributed by atoms with Gasteiger partial charge in [-0.15, -0.1) is 0 Å². The van der Waals surface area contributed by atoms with E-state index in [0.29, 0.717) is 12.3 Å². The number of carbonyl (C=O) groups excluding carboxylic acids is 1. The number of Topliss-reactive ketones (excluding diaryl/α,β-unsaturated/α-hetero) is 1. The predicted octanol–water partition coefficient (Wildman–Crippen LogP) is 2.48. The van der Waals surface area contributed by atoms with Crippen molar-refractivity contribution in [2.45, 2.75) is 32.7 Å². The highest BCUT2D eigenvalue weighted by atomic mass is 16.1. The molecule has 2 nitrogen and oxygen atoms in total. The van der Waals surface area contributed by atoms with Crippen LogP contribution in [0.4, 0.5) is 0 Å². The van der Waals surface area contributed by atoms with Crippen LogP contribution >= 0.6 is 0 Å². The number of nitrogens with two attached hydrogens (primary N) is 1. The molecule has 15 heavy (non-hydrogen) atoms. The van der Waals surface area contributed by atoms with Gasteiger partial charge in [0.15, 0.2) is 5.78 Å². The first kappa shape index (κ1) is 11.9.